The van der Waals surface area contributed by atoms with Crippen LogP contribution in [0.5, 0.6) is 0 Å². The molecule has 0 aliphatic carbocycles. The van der Waals surface area contributed by atoms with Crippen molar-refractivity contribution in [1.82, 2.24) is 5.32 Å². The van der Waals surface area contributed by atoms with E-state index in [0.29, 0.717) is 13.0 Å². The second kappa shape index (κ2) is 5.69. The smallest absolute Gasteiger partial charge is 0.328 e. The molecule has 1 N–H and O–H groups in total. The molecule has 1 saturated heterocycles. The molecule has 0 radical (unpaired) electrons. The van der Waals surface area contributed by atoms with E-state index in [0.717, 1.165) is 0 Å². The molecular formula is C13H23NO4. The van der Waals surface area contributed by atoms with Crippen molar-refractivity contribution < 1.29 is 19.1 Å². The van der Waals surface area contributed by atoms with Gasteiger partial charge in [-0.25, -0.2) is 4.79 Å². The van der Waals surface area contributed by atoms with Crippen molar-refractivity contribution in [2.75, 3.05) is 6.61 Å². The molecule has 0 bridgehead atoms. The second-order valence-electron chi connectivity index (χ2n) is 5.73. The van der Waals surface area contributed by atoms with Gasteiger partial charge in [-0.05, 0) is 41.0 Å². The molecule has 1 rings (SSSR count). The predicted octanol–water partition coefficient (Wildman–Crippen LogP) is 1.26. The Morgan fingerprint density at radius 3 is 2.44 bits per heavy atom. The Labute approximate surface area is 108 Å². The summed E-state index contributed by atoms with van der Waals surface area (Å²) in [5.41, 5.74) is -0.542. The van der Waals surface area contributed by atoms with Gasteiger partial charge in [-0.1, -0.05) is 0 Å². The third-order valence-electron chi connectivity index (χ3n) is 2.83. The predicted molar refractivity (Wildman–Crippen MR) is 67.0 cm³/mol. The number of ether oxygens (including phenoxy) is 2. The van der Waals surface area contributed by atoms with Crippen LogP contribution in [-0.4, -0.2) is 36.2 Å². The first-order chi connectivity index (χ1) is 8.20. The van der Waals surface area contributed by atoms with Crippen molar-refractivity contribution in [2.45, 2.75) is 58.8 Å². The standard InChI is InChI=1S/C13H23NO4/c1-8(12(16)18-13(3,4)5)14-11(15)10-6-7-17-9(10)2/h8-10H,6-7H2,1-5H3,(H,14,15)/t8-,9?,10?/m0/s1. The van der Waals surface area contributed by atoms with E-state index in [1.54, 1.807) is 27.7 Å². The van der Waals surface area contributed by atoms with Crippen molar-refractivity contribution in [3.05, 3.63) is 0 Å². The third-order valence-corrected chi connectivity index (χ3v) is 2.83. The Hall–Kier alpha value is -1.10. The minimum Gasteiger partial charge on any atom is -0.458 e. The van der Waals surface area contributed by atoms with E-state index in [9.17, 15) is 9.59 Å². The van der Waals surface area contributed by atoms with Gasteiger partial charge in [0.1, 0.15) is 11.6 Å². The normalized spacial score (nSPS) is 25.6. The Morgan fingerprint density at radius 1 is 1.39 bits per heavy atom. The van der Waals surface area contributed by atoms with Crippen LogP contribution in [0.1, 0.15) is 41.0 Å². The van der Waals surface area contributed by atoms with Gasteiger partial charge in [0, 0.05) is 6.61 Å². The van der Waals surface area contributed by atoms with Gasteiger partial charge in [-0.3, -0.25) is 4.79 Å². The summed E-state index contributed by atoms with van der Waals surface area (Å²) in [5.74, 6) is -0.726. The highest BCUT2D eigenvalue weighted by Crippen LogP contribution is 2.20. The summed E-state index contributed by atoms with van der Waals surface area (Å²) in [6, 6.07) is -0.635. The molecule has 0 aromatic carbocycles. The van der Waals surface area contributed by atoms with Gasteiger partial charge < -0.3 is 14.8 Å². The summed E-state index contributed by atoms with van der Waals surface area (Å²) in [6.45, 7) is 9.49. The minimum absolute atomic E-state index is 0.0872. The Balaban J connectivity index is 2.46. The number of hydrogen-bond acceptors (Lipinski definition) is 4. The maximum absolute atomic E-state index is 11.9. The summed E-state index contributed by atoms with van der Waals surface area (Å²) in [5, 5.41) is 2.68. The molecule has 1 fully saturated rings. The molecule has 0 aromatic rings. The maximum atomic E-state index is 11.9. The van der Waals surface area contributed by atoms with Crippen LogP contribution in [0.15, 0.2) is 0 Å². The summed E-state index contributed by atoms with van der Waals surface area (Å²) in [7, 11) is 0. The average Bonchev–Trinajstić information content (AvgIpc) is 2.61. The van der Waals surface area contributed by atoms with Crippen LogP contribution < -0.4 is 5.32 Å². The van der Waals surface area contributed by atoms with Gasteiger partial charge >= 0.3 is 5.97 Å². The second-order valence-corrected chi connectivity index (χ2v) is 5.73. The van der Waals surface area contributed by atoms with Crippen molar-refractivity contribution in [1.29, 1.82) is 0 Å². The van der Waals surface area contributed by atoms with Crippen molar-refractivity contribution >= 4 is 11.9 Å². The van der Waals surface area contributed by atoms with Gasteiger partial charge in [0.25, 0.3) is 0 Å². The Bertz CT molecular complexity index is 321. The summed E-state index contributed by atoms with van der Waals surface area (Å²) < 4.78 is 10.5. The van der Waals surface area contributed by atoms with Gasteiger partial charge in [0.2, 0.25) is 5.91 Å². The first-order valence-corrected chi connectivity index (χ1v) is 6.35. The molecule has 3 atom stereocenters. The average molecular weight is 257 g/mol. The summed E-state index contributed by atoms with van der Waals surface area (Å²) >= 11 is 0. The fraction of sp³-hybridized carbons (Fsp3) is 0.846. The van der Waals surface area contributed by atoms with E-state index in [2.05, 4.69) is 5.32 Å². The number of amides is 1. The first-order valence-electron chi connectivity index (χ1n) is 6.35. The summed E-state index contributed by atoms with van der Waals surface area (Å²) in [4.78, 5) is 23.7. The topological polar surface area (TPSA) is 64.6 Å². The van der Waals surface area contributed by atoms with Crippen molar-refractivity contribution in [3.63, 3.8) is 0 Å². The third kappa shape index (κ3) is 4.29. The molecule has 0 spiro atoms. The Kier molecular flexibility index (Phi) is 4.73. The monoisotopic (exact) mass is 257 g/mol. The van der Waals surface area contributed by atoms with Crippen LogP contribution >= 0.6 is 0 Å². The maximum Gasteiger partial charge on any atom is 0.328 e. The quantitative estimate of drug-likeness (QED) is 0.773. The van der Waals surface area contributed by atoms with E-state index in [4.69, 9.17) is 9.47 Å². The number of hydrogen-bond donors (Lipinski definition) is 1. The minimum atomic E-state index is -0.635. The van der Waals surface area contributed by atoms with E-state index in [1.165, 1.54) is 0 Å². The molecule has 1 aliphatic heterocycles. The zero-order valence-electron chi connectivity index (χ0n) is 11.8. The fourth-order valence-corrected chi connectivity index (χ4v) is 1.85. The lowest BCUT2D eigenvalue weighted by Gasteiger charge is -2.23. The highest BCUT2D eigenvalue weighted by molar-refractivity contribution is 5.86. The zero-order valence-corrected chi connectivity index (χ0v) is 11.8. The first kappa shape index (κ1) is 15.0. The van der Waals surface area contributed by atoms with Crippen molar-refractivity contribution in [2.24, 2.45) is 5.92 Å². The number of rotatable bonds is 3. The lowest BCUT2D eigenvalue weighted by molar-refractivity contribution is -0.158. The molecule has 1 heterocycles. The largest absolute Gasteiger partial charge is 0.458 e. The molecule has 1 aliphatic rings. The molecule has 104 valence electrons. The number of carbonyl (C=O) groups excluding carboxylic acids is 2. The highest BCUT2D eigenvalue weighted by atomic mass is 16.6. The molecule has 2 unspecified atom stereocenters. The molecule has 0 aromatic heterocycles. The van der Waals surface area contributed by atoms with Crippen LogP contribution in [0.4, 0.5) is 0 Å². The molecule has 5 nitrogen and oxygen atoms in total. The van der Waals surface area contributed by atoms with E-state index >= 15 is 0 Å². The van der Waals surface area contributed by atoms with Gasteiger partial charge in [0.15, 0.2) is 0 Å². The van der Waals surface area contributed by atoms with Crippen LogP contribution in [0, 0.1) is 5.92 Å². The number of carbonyl (C=O) groups is 2. The highest BCUT2D eigenvalue weighted by Gasteiger charge is 2.33. The Morgan fingerprint density at radius 2 is 2.00 bits per heavy atom. The van der Waals surface area contributed by atoms with Crippen molar-refractivity contribution in [3.8, 4) is 0 Å². The zero-order chi connectivity index (χ0) is 13.9. The van der Waals surface area contributed by atoms with Crippen LogP contribution in [-0.2, 0) is 19.1 Å². The molecular weight excluding hydrogens is 234 g/mol. The SMILES string of the molecule is CC1OCCC1C(=O)N[C@@H](C)C(=O)OC(C)(C)C. The molecule has 5 heteroatoms. The fourth-order valence-electron chi connectivity index (χ4n) is 1.85. The number of nitrogens with one attached hydrogen (secondary N) is 1. The van der Waals surface area contributed by atoms with Crippen LogP contribution in [0.25, 0.3) is 0 Å². The molecule has 0 saturated carbocycles. The van der Waals surface area contributed by atoms with E-state index < -0.39 is 17.6 Å². The molecule has 18 heavy (non-hydrogen) atoms. The lowest BCUT2D eigenvalue weighted by Crippen LogP contribution is -2.45. The van der Waals surface area contributed by atoms with Gasteiger partial charge in [0.05, 0.1) is 12.0 Å². The van der Waals surface area contributed by atoms with Gasteiger partial charge in [-0.2, -0.15) is 0 Å². The van der Waals surface area contributed by atoms with Gasteiger partial charge in [-0.15, -0.1) is 0 Å². The van der Waals surface area contributed by atoms with Crippen LogP contribution in [0.2, 0.25) is 0 Å². The van der Waals surface area contributed by atoms with Crippen LogP contribution in [0.3, 0.4) is 0 Å². The lowest BCUT2D eigenvalue weighted by atomic mass is 10.0. The number of esters is 1. The van der Waals surface area contributed by atoms with E-state index in [-0.39, 0.29) is 17.9 Å². The molecule has 1 amide bonds. The summed E-state index contributed by atoms with van der Waals surface area (Å²) in [6.07, 6.45) is 0.615. The van der Waals surface area contributed by atoms with E-state index in [1.807, 2.05) is 6.92 Å².